The number of nitrogens with zero attached hydrogens (tertiary/aromatic N) is 3. The number of nitrogens with one attached hydrogen (secondary N) is 2. The standard InChI is InChI=1S/C18H33N5O/c1-3-17(24)23-10-8-15(13-23)21-18(19-2)20-9-11-22(16-6-7-16)12-14-4-5-14/h14-16H,3-13H2,1-2H3,(H2,19,20,21). The summed E-state index contributed by atoms with van der Waals surface area (Å²) in [6, 6.07) is 1.16. The summed E-state index contributed by atoms with van der Waals surface area (Å²) in [6.45, 7) is 6.91. The van der Waals surface area contributed by atoms with Crippen LogP contribution < -0.4 is 10.6 Å². The second-order valence-electron chi connectivity index (χ2n) is 7.49. The lowest BCUT2D eigenvalue weighted by molar-refractivity contribution is -0.129. The van der Waals surface area contributed by atoms with E-state index in [4.69, 9.17) is 0 Å². The molecule has 3 aliphatic rings. The van der Waals surface area contributed by atoms with Crippen LogP contribution >= 0.6 is 0 Å². The van der Waals surface area contributed by atoms with E-state index in [1.165, 1.54) is 32.2 Å². The molecule has 1 atom stereocenters. The van der Waals surface area contributed by atoms with E-state index < -0.39 is 0 Å². The van der Waals surface area contributed by atoms with Gasteiger partial charge in [0, 0.05) is 58.3 Å². The summed E-state index contributed by atoms with van der Waals surface area (Å²) in [5.41, 5.74) is 0. The van der Waals surface area contributed by atoms with E-state index in [2.05, 4.69) is 20.5 Å². The van der Waals surface area contributed by atoms with Crippen molar-refractivity contribution < 1.29 is 4.79 Å². The lowest BCUT2D eigenvalue weighted by Crippen LogP contribution is -2.47. The Morgan fingerprint density at radius 2 is 2.04 bits per heavy atom. The number of amides is 1. The van der Waals surface area contributed by atoms with Crippen molar-refractivity contribution in [2.75, 3.05) is 39.8 Å². The third-order valence-corrected chi connectivity index (χ3v) is 5.35. The fourth-order valence-corrected chi connectivity index (χ4v) is 3.53. The summed E-state index contributed by atoms with van der Waals surface area (Å²) in [7, 11) is 1.82. The number of aliphatic imine (C=N–C) groups is 1. The molecule has 1 unspecified atom stereocenters. The monoisotopic (exact) mass is 335 g/mol. The first-order chi connectivity index (χ1) is 11.7. The van der Waals surface area contributed by atoms with Gasteiger partial charge in [0.2, 0.25) is 5.91 Å². The molecule has 3 rings (SSSR count). The molecule has 3 fully saturated rings. The highest BCUT2D eigenvalue weighted by molar-refractivity contribution is 5.80. The summed E-state index contributed by atoms with van der Waals surface area (Å²) in [5, 5.41) is 6.93. The predicted molar refractivity (Wildman–Crippen MR) is 97.1 cm³/mol. The van der Waals surface area contributed by atoms with Gasteiger partial charge in [-0.05, 0) is 38.0 Å². The maximum absolute atomic E-state index is 11.8. The molecule has 6 nitrogen and oxygen atoms in total. The Hall–Kier alpha value is -1.30. The Morgan fingerprint density at radius 1 is 1.25 bits per heavy atom. The highest BCUT2D eigenvalue weighted by Gasteiger charge is 2.33. The minimum Gasteiger partial charge on any atom is -0.355 e. The van der Waals surface area contributed by atoms with Crippen LogP contribution in [0.5, 0.6) is 0 Å². The Balaban J connectivity index is 1.36. The van der Waals surface area contributed by atoms with E-state index >= 15 is 0 Å². The van der Waals surface area contributed by atoms with Crippen molar-refractivity contribution in [1.29, 1.82) is 0 Å². The Labute approximate surface area is 146 Å². The lowest BCUT2D eigenvalue weighted by Gasteiger charge is -2.23. The normalized spacial score (nSPS) is 24.5. The van der Waals surface area contributed by atoms with E-state index in [9.17, 15) is 4.79 Å². The van der Waals surface area contributed by atoms with Crippen LogP contribution in [0.2, 0.25) is 0 Å². The molecule has 0 aromatic rings. The van der Waals surface area contributed by atoms with Crippen LogP contribution in [0.1, 0.15) is 45.4 Å². The summed E-state index contributed by atoms with van der Waals surface area (Å²) < 4.78 is 0. The molecule has 6 heteroatoms. The van der Waals surface area contributed by atoms with Gasteiger partial charge in [0.15, 0.2) is 5.96 Å². The summed E-state index contributed by atoms with van der Waals surface area (Å²) in [5.74, 6) is 2.08. The summed E-state index contributed by atoms with van der Waals surface area (Å²) >= 11 is 0. The van der Waals surface area contributed by atoms with E-state index in [0.29, 0.717) is 12.5 Å². The zero-order valence-corrected chi connectivity index (χ0v) is 15.3. The first kappa shape index (κ1) is 17.5. The number of hydrogen-bond acceptors (Lipinski definition) is 3. The van der Waals surface area contributed by atoms with Crippen molar-refractivity contribution >= 4 is 11.9 Å². The van der Waals surface area contributed by atoms with Gasteiger partial charge in [-0.2, -0.15) is 0 Å². The van der Waals surface area contributed by atoms with Crippen molar-refractivity contribution in [1.82, 2.24) is 20.4 Å². The average molecular weight is 335 g/mol. The van der Waals surface area contributed by atoms with Crippen molar-refractivity contribution in [2.24, 2.45) is 10.9 Å². The SMILES string of the molecule is CCC(=O)N1CCC(NC(=NC)NCCN(CC2CC2)C2CC2)C1. The van der Waals surface area contributed by atoms with Crippen LogP contribution in [0.3, 0.4) is 0 Å². The van der Waals surface area contributed by atoms with Gasteiger partial charge in [-0.1, -0.05) is 6.92 Å². The van der Waals surface area contributed by atoms with Crippen LogP contribution in [0.4, 0.5) is 0 Å². The number of likely N-dealkylation sites (tertiary alicyclic amines) is 1. The predicted octanol–water partition coefficient (Wildman–Crippen LogP) is 1.04. The van der Waals surface area contributed by atoms with E-state index in [0.717, 1.165) is 50.5 Å². The molecular formula is C18H33N5O. The second kappa shape index (κ2) is 8.19. The number of rotatable bonds is 8. The van der Waals surface area contributed by atoms with Gasteiger partial charge < -0.3 is 15.5 Å². The van der Waals surface area contributed by atoms with Gasteiger partial charge in [0.05, 0.1) is 0 Å². The van der Waals surface area contributed by atoms with Crippen LogP contribution in [0, 0.1) is 5.92 Å². The number of carbonyl (C=O) groups excluding carboxylic acids is 1. The molecule has 1 saturated heterocycles. The highest BCUT2D eigenvalue weighted by atomic mass is 16.2. The molecule has 0 radical (unpaired) electrons. The molecule has 0 bridgehead atoms. The van der Waals surface area contributed by atoms with E-state index in [1.54, 1.807) is 0 Å². The second-order valence-corrected chi connectivity index (χ2v) is 7.49. The number of carbonyl (C=O) groups is 1. The molecule has 0 aromatic carbocycles. The van der Waals surface area contributed by atoms with Crippen LogP contribution in [-0.2, 0) is 4.79 Å². The molecule has 136 valence electrons. The molecule has 0 spiro atoms. The van der Waals surface area contributed by atoms with E-state index in [-0.39, 0.29) is 5.91 Å². The van der Waals surface area contributed by atoms with Gasteiger partial charge in [0.1, 0.15) is 0 Å². The topological polar surface area (TPSA) is 60.0 Å². The van der Waals surface area contributed by atoms with Gasteiger partial charge in [-0.3, -0.25) is 14.7 Å². The van der Waals surface area contributed by atoms with Crippen LogP contribution in [-0.4, -0.2) is 73.5 Å². The fraction of sp³-hybridized carbons (Fsp3) is 0.889. The maximum Gasteiger partial charge on any atom is 0.222 e. The first-order valence-electron chi connectivity index (χ1n) is 9.68. The largest absolute Gasteiger partial charge is 0.355 e. The van der Waals surface area contributed by atoms with Crippen molar-refractivity contribution in [3.05, 3.63) is 0 Å². The molecule has 0 aromatic heterocycles. The average Bonchev–Trinajstić information content (AvgIpc) is 3.51. The Bertz CT molecular complexity index is 458. The summed E-state index contributed by atoms with van der Waals surface area (Å²) in [4.78, 5) is 20.7. The molecular weight excluding hydrogens is 302 g/mol. The zero-order valence-electron chi connectivity index (χ0n) is 15.3. The van der Waals surface area contributed by atoms with Crippen LogP contribution in [0.15, 0.2) is 4.99 Å². The minimum absolute atomic E-state index is 0.252. The molecule has 2 N–H and O–H groups in total. The Kier molecular flexibility index (Phi) is 5.98. The van der Waals surface area contributed by atoms with Crippen molar-refractivity contribution in [3.63, 3.8) is 0 Å². The van der Waals surface area contributed by atoms with Gasteiger partial charge >= 0.3 is 0 Å². The third-order valence-electron chi connectivity index (χ3n) is 5.35. The van der Waals surface area contributed by atoms with Gasteiger partial charge in [0.25, 0.3) is 0 Å². The molecule has 2 saturated carbocycles. The van der Waals surface area contributed by atoms with Crippen molar-refractivity contribution in [2.45, 2.75) is 57.5 Å². The van der Waals surface area contributed by atoms with E-state index in [1.807, 2.05) is 18.9 Å². The van der Waals surface area contributed by atoms with Crippen LogP contribution in [0.25, 0.3) is 0 Å². The maximum atomic E-state index is 11.8. The molecule has 2 aliphatic carbocycles. The minimum atomic E-state index is 0.252. The zero-order chi connectivity index (χ0) is 16.9. The molecule has 24 heavy (non-hydrogen) atoms. The Morgan fingerprint density at radius 3 is 2.67 bits per heavy atom. The molecule has 1 heterocycles. The smallest absolute Gasteiger partial charge is 0.222 e. The molecule has 1 aliphatic heterocycles. The lowest BCUT2D eigenvalue weighted by atomic mass is 10.3. The summed E-state index contributed by atoms with van der Waals surface area (Å²) in [6.07, 6.45) is 7.20. The quantitative estimate of drug-likeness (QED) is 0.514. The number of hydrogen-bond donors (Lipinski definition) is 2. The highest BCUT2D eigenvalue weighted by Crippen LogP contribution is 2.34. The van der Waals surface area contributed by atoms with Crippen molar-refractivity contribution in [3.8, 4) is 0 Å². The molecule has 1 amide bonds. The number of guanidine groups is 1. The van der Waals surface area contributed by atoms with Gasteiger partial charge in [-0.15, -0.1) is 0 Å². The van der Waals surface area contributed by atoms with Gasteiger partial charge in [-0.25, -0.2) is 0 Å². The third kappa shape index (κ3) is 5.10. The fourth-order valence-electron chi connectivity index (χ4n) is 3.53. The first-order valence-corrected chi connectivity index (χ1v) is 9.68.